The third-order valence-corrected chi connectivity index (χ3v) is 6.51. The van der Waals surface area contributed by atoms with E-state index >= 15 is 0 Å². The lowest BCUT2D eigenvalue weighted by atomic mass is 9.86. The maximum atomic E-state index is 6.47. The number of hydrazone groups is 1. The third-order valence-electron chi connectivity index (χ3n) is 5.59. The van der Waals surface area contributed by atoms with Gasteiger partial charge < -0.3 is 4.74 Å². The first-order valence-corrected chi connectivity index (χ1v) is 9.93. The summed E-state index contributed by atoms with van der Waals surface area (Å²) in [4.78, 5) is 1.30. The predicted octanol–water partition coefficient (Wildman–Crippen LogP) is 5.20. The van der Waals surface area contributed by atoms with Crippen molar-refractivity contribution >= 4 is 17.0 Å². The molecule has 1 saturated carbocycles. The van der Waals surface area contributed by atoms with Gasteiger partial charge in [-0.3, -0.25) is 0 Å². The van der Waals surface area contributed by atoms with E-state index in [9.17, 15) is 0 Å². The summed E-state index contributed by atoms with van der Waals surface area (Å²) in [6, 6.07) is 13.2. The van der Waals surface area contributed by atoms with Gasteiger partial charge in [-0.15, -0.1) is 11.3 Å². The minimum Gasteiger partial charge on any atom is -0.468 e. The van der Waals surface area contributed by atoms with Crippen LogP contribution in [0.3, 0.4) is 0 Å². The molecule has 0 saturated heterocycles. The van der Waals surface area contributed by atoms with Crippen molar-refractivity contribution in [2.24, 2.45) is 11.0 Å². The Morgan fingerprint density at radius 2 is 1.92 bits per heavy atom. The van der Waals surface area contributed by atoms with E-state index in [1.54, 1.807) is 11.3 Å². The fraction of sp³-hybridized carbons (Fsp3) is 0.450. The fourth-order valence-corrected chi connectivity index (χ4v) is 5.11. The molecule has 1 aromatic heterocycles. The van der Waals surface area contributed by atoms with Gasteiger partial charge in [-0.1, -0.05) is 43.5 Å². The summed E-state index contributed by atoms with van der Waals surface area (Å²) in [5.74, 6) is 1.66. The molecule has 3 aliphatic rings. The number of ether oxygens (including phenoxy) is 1. The fourth-order valence-electron chi connectivity index (χ4n) is 4.38. The molecule has 2 aliphatic heterocycles. The zero-order valence-corrected chi connectivity index (χ0v) is 14.5. The van der Waals surface area contributed by atoms with Crippen molar-refractivity contribution in [2.45, 2.75) is 50.8 Å². The van der Waals surface area contributed by atoms with Gasteiger partial charge >= 0.3 is 0 Å². The number of hydrogen-bond acceptors (Lipinski definition) is 4. The molecule has 24 heavy (non-hydrogen) atoms. The van der Waals surface area contributed by atoms with Crippen LogP contribution in [0.5, 0.6) is 5.75 Å². The van der Waals surface area contributed by atoms with E-state index in [2.05, 4.69) is 46.8 Å². The first-order chi connectivity index (χ1) is 11.9. The van der Waals surface area contributed by atoms with Crippen LogP contribution in [0.4, 0.5) is 0 Å². The highest BCUT2D eigenvalue weighted by Gasteiger charge is 2.43. The van der Waals surface area contributed by atoms with E-state index in [4.69, 9.17) is 9.84 Å². The van der Waals surface area contributed by atoms with E-state index in [1.807, 2.05) is 0 Å². The molecule has 3 nitrogen and oxygen atoms in total. The standard InChI is InChI=1S/C20H22N2OS/c1-2-7-14(8-3-1)20-22-17(15-9-4-5-10-18(15)23-20)13-16(21-22)19-11-6-12-24-19/h4-6,9-12,14,17,20H,1-3,7-8,13H2/t17-,20-/m1/s1. The molecular formula is C20H22N2OS. The number of nitrogens with zero attached hydrogens (tertiary/aromatic N) is 2. The Balaban J connectivity index is 1.53. The number of thiophene rings is 1. The zero-order valence-electron chi connectivity index (χ0n) is 13.7. The van der Waals surface area contributed by atoms with Crippen LogP contribution in [-0.4, -0.2) is 16.9 Å². The quantitative estimate of drug-likeness (QED) is 0.752. The molecule has 0 radical (unpaired) electrons. The summed E-state index contributed by atoms with van der Waals surface area (Å²) >= 11 is 1.79. The van der Waals surface area contributed by atoms with Gasteiger partial charge in [-0.25, -0.2) is 5.01 Å². The van der Waals surface area contributed by atoms with Crippen LogP contribution in [0.1, 0.15) is 55.0 Å². The molecule has 0 N–H and O–H groups in total. The van der Waals surface area contributed by atoms with Crippen LogP contribution in [0.2, 0.25) is 0 Å². The van der Waals surface area contributed by atoms with Gasteiger partial charge in [-0.05, 0) is 30.4 Å². The summed E-state index contributed by atoms with van der Waals surface area (Å²) in [7, 11) is 0. The predicted molar refractivity (Wildman–Crippen MR) is 97.5 cm³/mol. The van der Waals surface area contributed by atoms with Gasteiger partial charge in [0.15, 0.2) is 6.23 Å². The second-order valence-corrected chi connectivity index (χ2v) is 8.02. The van der Waals surface area contributed by atoms with Gasteiger partial charge in [0.05, 0.1) is 16.6 Å². The monoisotopic (exact) mass is 338 g/mol. The Bertz CT molecular complexity index is 749. The van der Waals surface area contributed by atoms with Gasteiger partial charge in [0, 0.05) is 17.9 Å². The average molecular weight is 338 g/mol. The van der Waals surface area contributed by atoms with E-state index in [0.29, 0.717) is 12.0 Å². The number of para-hydroxylation sites is 1. The van der Waals surface area contributed by atoms with Crippen molar-refractivity contribution in [1.82, 2.24) is 5.01 Å². The lowest BCUT2D eigenvalue weighted by Crippen LogP contribution is -2.45. The summed E-state index contributed by atoms with van der Waals surface area (Å²) in [5.41, 5.74) is 2.51. The highest BCUT2D eigenvalue weighted by atomic mass is 32.1. The Kier molecular flexibility index (Phi) is 3.58. The Morgan fingerprint density at radius 1 is 1.04 bits per heavy atom. The minimum absolute atomic E-state index is 0.0997. The van der Waals surface area contributed by atoms with Gasteiger partial charge in [0.2, 0.25) is 0 Å². The highest BCUT2D eigenvalue weighted by molar-refractivity contribution is 7.12. The van der Waals surface area contributed by atoms with E-state index in [-0.39, 0.29) is 6.23 Å². The highest BCUT2D eigenvalue weighted by Crippen LogP contribution is 2.46. The molecule has 1 aromatic carbocycles. The molecule has 1 aliphatic carbocycles. The second kappa shape index (κ2) is 5.92. The van der Waals surface area contributed by atoms with E-state index in [0.717, 1.165) is 12.2 Å². The molecule has 124 valence electrons. The minimum atomic E-state index is 0.0997. The summed E-state index contributed by atoms with van der Waals surface area (Å²) in [5, 5.41) is 9.47. The van der Waals surface area contributed by atoms with Crippen LogP contribution >= 0.6 is 11.3 Å². The SMILES string of the molecule is c1csc(C2=NN3[C@H](C2)c2ccccc2O[C@@H]3C2CCCCC2)c1. The molecule has 0 bridgehead atoms. The van der Waals surface area contributed by atoms with Crippen LogP contribution in [-0.2, 0) is 0 Å². The van der Waals surface area contributed by atoms with E-state index < -0.39 is 0 Å². The molecule has 0 amide bonds. The van der Waals surface area contributed by atoms with Crippen molar-refractivity contribution in [3.63, 3.8) is 0 Å². The topological polar surface area (TPSA) is 24.8 Å². The molecule has 2 aromatic rings. The number of rotatable bonds is 2. The maximum Gasteiger partial charge on any atom is 0.190 e. The van der Waals surface area contributed by atoms with Crippen LogP contribution < -0.4 is 4.74 Å². The molecule has 4 heteroatoms. The number of benzene rings is 1. The average Bonchev–Trinajstić information content (AvgIpc) is 3.31. The molecule has 0 unspecified atom stereocenters. The van der Waals surface area contributed by atoms with Gasteiger partial charge in [0.25, 0.3) is 0 Å². The van der Waals surface area contributed by atoms with Crippen molar-refractivity contribution in [3.05, 3.63) is 52.2 Å². The Labute approximate surface area is 146 Å². The molecule has 2 atom stereocenters. The lowest BCUT2D eigenvalue weighted by molar-refractivity contribution is -0.0643. The van der Waals surface area contributed by atoms with E-state index in [1.165, 1.54) is 48.3 Å². The molecule has 5 rings (SSSR count). The molecular weight excluding hydrogens is 316 g/mol. The summed E-state index contributed by atoms with van der Waals surface area (Å²) in [6.45, 7) is 0. The second-order valence-electron chi connectivity index (χ2n) is 7.07. The third kappa shape index (κ3) is 2.35. The Morgan fingerprint density at radius 3 is 2.75 bits per heavy atom. The smallest absolute Gasteiger partial charge is 0.190 e. The van der Waals surface area contributed by atoms with Crippen molar-refractivity contribution < 1.29 is 4.74 Å². The first-order valence-electron chi connectivity index (χ1n) is 9.05. The maximum absolute atomic E-state index is 6.47. The molecule has 3 heterocycles. The zero-order chi connectivity index (χ0) is 15.9. The molecule has 1 fully saturated rings. The van der Waals surface area contributed by atoms with Crippen LogP contribution in [0.15, 0.2) is 46.9 Å². The van der Waals surface area contributed by atoms with Crippen LogP contribution in [0, 0.1) is 5.92 Å². The normalized spacial score (nSPS) is 26.5. The Hall–Kier alpha value is -1.81. The van der Waals surface area contributed by atoms with Crippen molar-refractivity contribution in [2.75, 3.05) is 0 Å². The number of fused-ring (bicyclic) bond motifs is 3. The summed E-state index contributed by atoms with van der Waals surface area (Å²) < 4.78 is 6.47. The lowest BCUT2D eigenvalue weighted by Gasteiger charge is -2.42. The van der Waals surface area contributed by atoms with Gasteiger partial charge in [0.1, 0.15) is 5.75 Å². The van der Waals surface area contributed by atoms with Gasteiger partial charge in [-0.2, -0.15) is 5.10 Å². The first kappa shape index (κ1) is 14.5. The van der Waals surface area contributed by atoms with Crippen molar-refractivity contribution in [3.8, 4) is 5.75 Å². The van der Waals surface area contributed by atoms with Crippen LogP contribution in [0.25, 0.3) is 0 Å². The summed E-state index contributed by atoms with van der Waals surface area (Å²) in [6.07, 6.45) is 7.64. The number of hydrogen-bond donors (Lipinski definition) is 0. The largest absolute Gasteiger partial charge is 0.468 e. The van der Waals surface area contributed by atoms with Crippen molar-refractivity contribution in [1.29, 1.82) is 0 Å². The molecule has 0 spiro atoms.